The Morgan fingerprint density at radius 2 is 0.860 bits per heavy atom. The number of pyridine rings is 1. The van der Waals surface area contributed by atoms with Crippen LogP contribution in [0.3, 0.4) is 0 Å². The molecule has 0 fully saturated rings. The van der Waals surface area contributed by atoms with Crippen molar-refractivity contribution in [2.24, 2.45) is 0 Å². The van der Waals surface area contributed by atoms with Crippen LogP contribution in [0.2, 0.25) is 0 Å². The van der Waals surface area contributed by atoms with E-state index in [-0.39, 0.29) is 0 Å². The molecule has 1 aliphatic rings. The first-order valence-electron chi connectivity index (χ1n) is 17.1. The Morgan fingerprint density at radius 1 is 0.360 bits per heavy atom. The lowest BCUT2D eigenvalue weighted by molar-refractivity contribution is 0.769. The summed E-state index contributed by atoms with van der Waals surface area (Å²) in [5, 5.41) is 0. The molecule has 8 aromatic rings. The van der Waals surface area contributed by atoms with Crippen molar-refractivity contribution in [1.82, 2.24) is 4.98 Å². The van der Waals surface area contributed by atoms with E-state index >= 15 is 0 Å². The number of hydrogen-bond acceptors (Lipinski definition) is 2. The number of aromatic nitrogens is 1. The van der Waals surface area contributed by atoms with E-state index in [4.69, 9.17) is 4.98 Å². The highest BCUT2D eigenvalue weighted by atomic mass is 15.2. The van der Waals surface area contributed by atoms with Gasteiger partial charge in [-0.2, -0.15) is 0 Å². The molecule has 0 N–H and O–H groups in total. The molecule has 9 rings (SSSR count). The third-order valence-corrected chi connectivity index (χ3v) is 10.0. The average molecular weight is 639 g/mol. The first-order valence-corrected chi connectivity index (χ1v) is 17.1. The Bertz CT molecular complexity index is 2350. The maximum atomic E-state index is 4.74. The topological polar surface area (TPSA) is 16.1 Å². The molecule has 236 valence electrons. The molecule has 0 aliphatic heterocycles. The molecule has 1 aromatic heterocycles. The second kappa shape index (κ2) is 12.5. The maximum Gasteiger partial charge on any atom is 0.137 e. The number of nitrogens with zero attached hydrogens (tertiary/aromatic N) is 2. The number of hydrogen-bond donors (Lipinski definition) is 0. The number of anilines is 3. The van der Waals surface area contributed by atoms with Crippen LogP contribution < -0.4 is 4.90 Å². The minimum Gasteiger partial charge on any atom is -0.295 e. The molecule has 0 unspecified atom stereocenters. The fourth-order valence-corrected chi connectivity index (χ4v) is 7.91. The number of fused-ring (bicyclic) bond motifs is 3. The zero-order valence-electron chi connectivity index (χ0n) is 27.5. The molecule has 0 spiro atoms. The fourth-order valence-electron chi connectivity index (χ4n) is 7.91. The zero-order valence-corrected chi connectivity index (χ0v) is 27.5. The molecule has 2 nitrogen and oxygen atoms in total. The Morgan fingerprint density at radius 3 is 1.50 bits per heavy atom. The van der Waals surface area contributed by atoms with E-state index < -0.39 is 5.41 Å². The van der Waals surface area contributed by atoms with Crippen molar-refractivity contribution >= 4 is 17.2 Å². The van der Waals surface area contributed by atoms with E-state index in [1.807, 2.05) is 24.4 Å². The number of rotatable bonds is 7. The van der Waals surface area contributed by atoms with E-state index in [9.17, 15) is 0 Å². The zero-order chi connectivity index (χ0) is 33.3. The molecule has 0 amide bonds. The van der Waals surface area contributed by atoms with Crippen molar-refractivity contribution in [2.45, 2.75) is 5.41 Å². The van der Waals surface area contributed by atoms with Gasteiger partial charge in [0.05, 0.1) is 5.41 Å². The second-order valence-corrected chi connectivity index (χ2v) is 12.7. The van der Waals surface area contributed by atoms with Gasteiger partial charge in [-0.3, -0.25) is 4.90 Å². The third kappa shape index (κ3) is 4.84. The van der Waals surface area contributed by atoms with E-state index in [0.29, 0.717) is 0 Å². The molecule has 2 heteroatoms. The van der Waals surface area contributed by atoms with Crippen LogP contribution >= 0.6 is 0 Å². The van der Waals surface area contributed by atoms with E-state index in [1.54, 1.807) is 0 Å². The lowest BCUT2D eigenvalue weighted by atomic mass is 9.67. The monoisotopic (exact) mass is 638 g/mol. The summed E-state index contributed by atoms with van der Waals surface area (Å²) in [5.74, 6) is 0.875. The Balaban J connectivity index is 1.21. The summed E-state index contributed by atoms with van der Waals surface area (Å²) in [7, 11) is 0. The van der Waals surface area contributed by atoms with Gasteiger partial charge in [0.1, 0.15) is 5.82 Å². The van der Waals surface area contributed by atoms with Crippen LogP contribution in [0.1, 0.15) is 22.3 Å². The summed E-state index contributed by atoms with van der Waals surface area (Å²) >= 11 is 0. The van der Waals surface area contributed by atoms with Crippen molar-refractivity contribution in [2.75, 3.05) is 4.90 Å². The first-order chi connectivity index (χ1) is 24.8. The predicted molar refractivity (Wildman–Crippen MR) is 207 cm³/mol. The Hall–Kier alpha value is -6.51. The van der Waals surface area contributed by atoms with Gasteiger partial charge in [0.2, 0.25) is 0 Å². The molecule has 0 radical (unpaired) electrons. The largest absolute Gasteiger partial charge is 0.295 e. The predicted octanol–water partition coefficient (Wildman–Crippen LogP) is 12.2. The van der Waals surface area contributed by atoms with Gasteiger partial charge in [0, 0.05) is 17.6 Å². The highest BCUT2D eigenvalue weighted by molar-refractivity contribution is 5.89. The average Bonchev–Trinajstić information content (AvgIpc) is 3.51. The summed E-state index contributed by atoms with van der Waals surface area (Å²) < 4.78 is 0. The first kappa shape index (κ1) is 29.6. The van der Waals surface area contributed by atoms with Crippen LogP contribution in [0.15, 0.2) is 206 Å². The van der Waals surface area contributed by atoms with Gasteiger partial charge in [-0.1, -0.05) is 158 Å². The highest BCUT2D eigenvalue weighted by Crippen LogP contribution is 2.56. The lowest BCUT2D eigenvalue weighted by Gasteiger charge is -2.34. The van der Waals surface area contributed by atoms with Gasteiger partial charge in [-0.05, 0) is 98.1 Å². The normalized spacial score (nSPS) is 12.6. The van der Waals surface area contributed by atoms with Crippen molar-refractivity contribution < 1.29 is 0 Å². The van der Waals surface area contributed by atoms with E-state index in [2.05, 4.69) is 187 Å². The van der Waals surface area contributed by atoms with Crippen LogP contribution in [0.4, 0.5) is 17.2 Å². The highest BCUT2D eigenvalue weighted by Gasteiger charge is 2.45. The van der Waals surface area contributed by atoms with Gasteiger partial charge in [-0.15, -0.1) is 0 Å². The SMILES string of the molecule is c1ccc(N(c2cccc(-c3ccccc3-c3cccc(C4(c5ccccc5)c5ccccc5-c5ccccc54)c3)c2)c2ccccn2)cc1. The smallest absolute Gasteiger partial charge is 0.137 e. The minimum absolute atomic E-state index is 0.446. The molecule has 1 aliphatic carbocycles. The molecule has 0 bridgehead atoms. The maximum absolute atomic E-state index is 4.74. The van der Waals surface area contributed by atoms with Crippen molar-refractivity contribution in [3.05, 3.63) is 229 Å². The van der Waals surface area contributed by atoms with Gasteiger partial charge in [-0.25, -0.2) is 4.98 Å². The summed E-state index contributed by atoms with van der Waals surface area (Å²) in [6.07, 6.45) is 1.85. The molecule has 0 saturated carbocycles. The number of para-hydroxylation sites is 1. The molecule has 0 saturated heterocycles. The van der Waals surface area contributed by atoms with Crippen molar-refractivity contribution in [3.63, 3.8) is 0 Å². The molecule has 0 atom stereocenters. The molecular weight excluding hydrogens is 605 g/mol. The van der Waals surface area contributed by atoms with Gasteiger partial charge >= 0.3 is 0 Å². The number of benzene rings is 7. The summed E-state index contributed by atoms with van der Waals surface area (Å²) in [6.45, 7) is 0. The van der Waals surface area contributed by atoms with Crippen molar-refractivity contribution in [1.29, 1.82) is 0 Å². The standard InChI is InChI=1S/C48H34N2/c1-3-19-37(20-4-1)48(45-29-11-9-27-43(45)44-28-10-12-30-46(44)48)38-21-15-17-35(33-38)41-25-7-8-26-42(41)36-18-16-24-40(34-36)50(39-22-5-2-6-23-39)47-31-13-14-32-49-47/h1-34H. The van der Waals surface area contributed by atoms with Crippen LogP contribution in [0.25, 0.3) is 33.4 Å². The van der Waals surface area contributed by atoms with Gasteiger partial charge < -0.3 is 0 Å². The Labute approximate surface area is 293 Å². The molecule has 1 heterocycles. The minimum atomic E-state index is -0.446. The lowest BCUT2D eigenvalue weighted by Crippen LogP contribution is -2.28. The van der Waals surface area contributed by atoms with E-state index in [0.717, 1.165) is 22.8 Å². The van der Waals surface area contributed by atoms with Crippen LogP contribution in [-0.2, 0) is 5.41 Å². The second-order valence-electron chi connectivity index (χ2n) is 12.7. The van der Waals surface area contributed by atoms with Gasteiger partial charge in [0.25, 0.3) is 0 Å². The summed E-state index contributed by atoms with van der Waals surface area (Å²) in [5.41, 5.74) is 14.1. The van der Waals surface area contributed by atoms with Crippen LogP contribution in [-0.4, -0.2) is 4.98 Å². The van der Waals surface area contributed by atoms with Crippen molar-refractivity contribution in [3.8, 4) is 33.4 Å². The Kier molecular flexibility index (Phi) is 7.40. The van der Waals surface area contributed by atoms with E-state index in [1.165, 1.54) is 50.1 Å². The molecule has 50 heavy (non-hydrogen) atoms. The van der Waals surface area contributed by atoms with Crippen LogP contribution in [0, 0.1) is 0 Å². The molecule has 7 aromatic carbocycles. The quantitative estimate of drug-likeness (QED) is 0.173. The summed E-state index contributed by atoms with van der Waals surface area (Å²) in [4.78, 5) is 6.95. The summed E-state index contributed by atoms with van der Waals surface area (Å²) in [6, 6.07) is 72.1. The van der Waals surface area contributed by atoms with Gasteiger partial charge in [0.15, 0.2) is 0 Å². The third-order valence-electron chi connectivity index (χ3n) is 10.0. The molecular formula is C48H34N2. The fraction of sp³-hybridized carbons (Fsp3) is 0.0208. The van der Waals surface area contributed by atoms with Crippen LogP contribution in [0.5, 0.6) is 0 Å².